The third-order valence-corrected chi connectivity index (χ3v) is 8.43. The maximum Gasteiger partial charge on any atom is 0.104 e. The van der Waals surface area contributed by atoms with Crippen molar-refractivity contribution in [2.75, 3.05) is 19.6 Å². The summed E-state index contributed by atoms with van der Waals surface area (Å²) in [5.74, 6) is 1.17. The minimum atomic E-state index is -0.588. The molecule has 43 heavy (non-hydrogen) atoms. The third kappa shape index (κ3) is 29.3. The van der Waals surface area contributed by atoms with Crippen LogP contribution >= 0.6 is 0 Å². The Hall–Kier alpha value is -1.17. The zero-order valence-corrected chi connectivity index (χ0v) is 29.4. The van der Waals surface area contributed by atoms with E-state index in [0.29, 0.717) is 6.54 Å². The van der Waals surface area contributed by atoms with Crippen LogP contribution < -0.4 is 17.2 Å². The summed E-state index contributed by atoms with van der Waals surface area (Å²) < 4.78 is 0. The van der Waals surface area contributed by atoms with Crippen LogP contribution in [0.5, 0.6) is 0 Å². The van der Waals surface area contributed by atoms with E-state index in [1.807, 2.05) is 6.08 Å². The Morgan fingerprint density at radius 2 is 1.07 bits per heavy atom. The molecule has 0 fully saturated rings. The van der Waals surface area contributed by atoms with E-state index in [-0.39, 0.29) is 0 Å². The molecule has 6 N–H and O–H groups in total. The normalized spacial score (nSPS) is 13.7. The third-order valence-electron chi connectivity index (χ3n) is 8.43. The first-order valence-corrected chi connectivity index (χ1v) is 18.9. The molecule has 254 valence electrons. The average molecular weight is 604 g/mol. The number of allylic oxidation sites excluding steroid dienone is 2. The van der Waals surface area contributed by atoms with Gasteiger partial charge in [0.15, 0.2) is 0 Å². The van der Waals surface area contributed by atoms with Gasteiger partial charge in [0.05, 0.1) is 12.2 Å². The highest BCUT2D eigenvalue weighted by molar-refractivity contribution is 5.84. The Kier molecular flexibility index (Phi) is 31.4. The van der Waals surface area contributed by atoms with Crippen LogP contribution in [0.1, 0.15) is 188 Å². The van der Waals surface area contributed by atoms with Crippen LogP contribution in [0.2, 0.25) is 0 Å². The van der Waals surface area contributed by atoms with E-state index < -0.39 is 5.66 Å². The van der Waals surface area contributed by atoms with E-state index in [1.54, 1.807) is 0 Å². The smallest absolute Gasteiger partial charge is 0.104 e. The van der Waals surface area contributed by atoms with E-state index in [1.165, 1.54) is 147 Å². The molecule has 0 radical (unpaired) electrons. The monoisotopic (exact) mass is 604 g/mol. The number of unbranched alkanes of at least 4 members (excludes halogenated alkanes) is 21. The summed E-state index contributed by atoms with van der Waals surface area (Å²) in [5.41, 5.74) is 16.9. The molecule has 0 saturated carbocycles. The Morgan fingerprint density at radius 3 is 1.51 bits per heavy atom. The first kappa shape index (κ1) is 41.8. The molecule has 0 amide bonds. The van der Waals surface area contributed by atoms with Gasteiger partial charge in [-0.2, -0.15) is 0 Å². The van der Waals surface area contributed by atoms with Gasteiger partial charge in [0.25, 0.3) is 0 Å². The molecule has 0 aromatic carbocycles. The van der Waals surface area contributed by atoms with Gasteiger partial charge < -0.3 is 22.1 Å². The van der Waals surface area contributed by atoms with Gasteiger partial charge in [-0.15, -0.1) is 0 Å². The first-order chi connectivity index (χ1) is 21.0. The van der Waals surface area contributed by atoms with E-state index in [9.17, 15) is 0 Å². The van der Waals surface area contributed by atoms with E-state index in [2.05, 4.69) is 49.0 Å². The van der Waals surface area contributed by atoms with Gasteiger partial charge in [0.2, 0.25) is 0 Å². The fraction of sp³-hybridized carbons (Fsp3) is 0.868. The molecule has 1 rings (SSSR count). The lowest BCUT2D eigenvalue weighted by atomic mass is 10.0. The second kappa shape index (κ2) is 32.2. The lowest BCUT2D eigenvalue weighted by molar-refractivity contribution is 0.497. The van der Waals surface area contributed by atoms with E-state index in [0.717, 1.165) is 38.8 Å². The number of amidine groups is 1. The van der Waals surface area contributed by atoms with Crippen molar-refractivity contribution in [3.8, 4) is 0 Å². The van der Waals surface area contributed by atoms with Crippen molar-refractivity contribution in [2.24, 2.45) is 22.2 Å². The van der Waals surface area contributed by atoms with Gasteiger partial charge in [-0.3, -0.25) is 4.99 Å². The van der Waals surface area contributed by atoms with Crippen molar-refractivity contribution in [1.29, 1.82) is 0 Å². The average Bonchev–Trinajstić information content (AvgIpc) is 3.43. The summed E-state index contributed by atoms with van der Waals surface area (Å²) in [6, 6.07) is 0. The molecule has 0 aromatic rings. The molecular formula is C38H77N5. The molecule has 5 heteroatoms. The minimum Gasteiger partial charge on any atom is -0.335 e. The maximum absolute atomic E-state index is 5.93. The van der Waals surface area contributed by atoms with Crippen molar-refractivity contribution >= 4 is 5.84 Å². The SMILES string of the molecule is CCCCCCCCCCC=CC(N)(N)CCC.CCCCCCCCCCCCCCCC=CN1CCN=C1CCN. The second-order valence-electron chi connectivity index (χ2n) is 13.0. The van der Waals surface area contributed by atoms with Crippen molar-refractivity contribution in [1.82, 2.24) is 4.90 Å². The predicted octanol–water partition coefficient (Wildman–Crippen LogP) is 10.5. The summed E-state index contributed by atoms with van der Waals surface area (Å²) in [5, 5.41) is 0. The largest absolute Gasteiger partial charge is 0.335 e. The van der Waals surface area contributed by atoms with Gasteiger partial charge in [0, 0.05) is 19.2 Å². The highest BCUT2D eigenvalue weighted by Crippen LogP contribution is 2.14. The molecule has 0 aromatic heterocycles. The van der Waals surface area contributed by atoms with Crippen LogP contribution in [0.3, 0.4) is 0 Å². The van der Waals surface area contributed by atoms with Crippen LogP contribution in [-0.2, 0) is 0 Å². The Morgan fingerprint density at radius 1 is 0.628 bits per heavy atom. The zero-order valence-electron chi connectivity index (χ0n) is 29.4. The molecule has 1 heterocycles. The summed E-state index contributed by atoms with van der Waals surface area (Å²) in [6.45, 7) is 9.32. The van der Waals surface area contributed by atoms with E-state index in [4.69, 9.17) is 17.2 Å². The van der Waals surface area contributed by atoms with Gasteiger partial charge >= 0.3 is 0 Å². The fourth-order valence-electron chi connectivity index (χ4n) is 5.72. The number of hydrogen-bond acceptors (Lipinski definition) is 5. The number of aliphatic imine (C=N–C) groups is 1. The molecule has 0 bridgehead atoms. The molecule has 0 atom stereocenters. The van der Waals surface area contributed by atoms with Gasteiger partial charge in [0.1, 0.15) is 5.84 Å². The summed E-state index contributed by atoms with van der Waals surface area (Å²) in [6.07, 6.45) is 43.3. The van der Waals surface area contributed by atoms with Crippen molar-refractivity contribution in [2.45, 2.75) is 193 Å². The molecule has 1 aliphatic rings. The minimum absolute atomic E-state index is 0.588. The Bertz CT molecular complexity index is 655. The van der Waals surface area contributed by atoms with Crippen molar-refractivity contribution < 1.29 is 0 Å². The van der Waals surface area contributed by atoms with Crippen LogP contribution in [0.4, 0.5) is 0 Å². The zero-order chi connectivity index (χ0) is 31.7. The molecular weight excluding hydrogens is 526 g/mol. The van der Waals surface area contributed by atoms with Crippen molar-refractivity contribution in [3.63, 3.8) is 0 Å². The lowest BCUT2D eigenvalue weighted by Crippen LogP contribution is -2.47. The summed E-state index contributed by atoms with van der Waals surface area (Å²) in [7, 11) is 0. The van der Waals surface area contributed by atoms with Crippen LogP contribution in [0, 0.1) is 0 Å². The Labute approximate surface area is 270 Å². The van der Waals surface area contributed by atoms with Crippen LogP contribution in [0.15, 0.2) is 29.4 Å². The standard InChI is InChI=1S/C22H43N3.C16H34N2/c1-2-3-4-5-6-7-8-9-10-11-12-13-14-15-16-20-25-21-19-24-22(25)17-18-23;1-3-5-6-7-8-9-10-11-12-13-15-16(17,18)14-4-2/h16,20H,2-15,17-19,21,23H2,1H3;13,15H,3-12,14,17-18H2,1-2H3. The number of nitrogens with two attached hydrogens (primary N) is 3. The van der Waals surface area contributed by atoms with Gasteiger partial charge in [-0.25, -0.2) is 0 Å². The van der Waals surface area contributed by atoms with Gasteiger partial charge in [-0.05, 0) is 38.6 Å². The highest BCUT2D eigenvalue weighted by Gasteiger charge is 2.13. The number of hydrogen-bond donors (Lipinski definition) is 3. The highest BCUT2D eigenvalue weighted by atomic mass is 15.2. The summed E-state index contributed by atoms with van der Waals surface area (Å²) in [4.78, 5) is 6.78. The quantitative estimate of drug-likeness (QED) is 0.0450. The van der Waals surface area contributed by atoms with Crippen LogP contribution in [0.25, 0.3) is 0 Å². The van der Waals surface area contributed by atoms with Crippen LogP contribution in [-0.4, -0.2) is 36.0 Å². The molecule has 0 unspecified atom stereocenters. The number of nitrogens with zero attached hydrogens (tertiary/aromatic N) is 2. The first-order valence-electron chi connectivity index (χ1n) is 18.9. The molecule has 0 spiro atoms. The van der Waals surface area contributed by atoms with E-state index >= 15 is 0 Å². The van der Waals surface area contributed by atoms with Gasteiger partial charge in [-0.1, -0.05) is 167 Å². The summed E-state index contributed by atoms with van der Waals surface area (Å²) >= 11 is 0. The maximum atomic E-state index is 5.93. The fourth-order valence-corrected chi connectivity index (χ4v) is 5.72. The number of rotatable bonds is 29. The lowest BCUT2D eigenvalue weighted by Gasteiger charge is -2.18. The van der Waals surface area contributed by atoms with Crippen molar-refractivity contribution in [3.05, 3.63) is 24.4 Å². The Balaban J connectivity index is 0.000000869. The predicted molar refractivity (Wildman–Crippen MR) is 195 cm³/mol. The molecule has 1 aliphatic heterocycles. The topological polar surface area (TPSA) is 93.7 Å². The molecule has 5 nitrogen and oxygen atoms in total. The second-order valence-corrected chi connectivity index (χ2v) is 13.0. The molecule has 0 saturated heterocycles. The molecule has 0 aliphatic carbocycles.